The molecule has 0 bridgehead atoms. The van der Waals surface area contributed by atoms with E-state index in [4.69, 9.17) is 4.74 Å². The predicted molar refractivity (Wildman–Crippen MR) is 119 cm³/mol. The molecule has 5 heteroatoms. The molecule has 2 aromatic rings. The lowest BCUT2D eigenvalue weighted by Gasteiger charge is -2.42. The van der Waals surface area contributed by atoms with Gasteiger partial charge in [0, 0.05) is 11.1 Å². The maximum atomic E-state index is 15.1. The van der Waals surface area contributed by atoms with Crippen molar-refractivity contribution in [3.63, 3.8) is 0 Å². The number of halogens is 4. The second-order valence-electron chi connectivity index (χ2n) is 9.35. The molecule has 0 aliphatic heterocycles. The average molecular weight is 447 g/mol. The molecule has 0 amide bonds. The Hall–Kier alpha value is -2.30. The van der Waals surface area contributed by atoms with Gasteiger partial charge in [-0.15, -0.1) is 6.58 Å². The number of methoxy groups -OCH3 is 1. The summed E-state index contributed by atoms with van der Waals surface area (Å²) < 4.78 is 63.4. The average Bonchev–Trinajstić information content (AvgIpc) is 2.81. The Bertz CT molecular complexity index is 986. The first-order chi connectivity index (χ1) is 15.4. The summed E-state index contributed by atoms with van der Waals surface area (Å²) >= 11 is 0. The van der Waals surface area contributed by atoms with E-state index in [9.17, 15) is 13.2 Å². The van der Waals surface area contributed by atoms with Gasteiger partial charge in [-0.3, -0.25) is 0 Å². The van der Waals surface area contributed by atoms with Crippen LogP contribution in [0.5, 0.6) is 5.75 Å². The van der Waals surface area contributed by atoms with Crippen LogP contribution < -0.4 is 4.74 Å². The van der Waals surface area contributed by atoms with Gasteiger partial charge in [0.25, 0.3) is 0 Å². The number of hydrogen-bond acceptors (Lipinski definition) is 1. The number of ether oxygens (including phenoxy) is 1. The summed E-state index contributed by atoms with van der Waals surface area (Å²) in [6, 6.07) is 5.35. The number of hydrogen-bond donors (Lipinski definition) is 0. The van der Waals surface area contributed by atoms with Crippen LogP contribution in [-0.4, -0.2) is 7.11 Å². The van der Waals surface area contributed by atoms with Crippen molar-refractivity contribution in [3.8, 4) is 16.9 Å². The van der Waals surface area contributed by atoms with E-state index >= 15 is 4.39 Å². The maximum absolute atomic E-state index is 15.1. The quantitative estimate of drug-likeness (QED) is 0.321. The normalized spacial score (nSPS) is 25.3. The topological polar surface area (TPSA) is 9.23 Å². The van der Waals surface area contributed by atoms with E-state index in [1.54, 1.807) is 6.07 Å². The summed E-state index contributed by atoms with van der Waals surface area (Å²) in [6.07, 6.45) is 10.5. The first-order valence-corrected chi connectivity index (χ1v) is 11.6. The van der Waals surface area contributed by atoms with Gasteiger partial charge in [0.15, 0.2) is 23.2 Å². The van der Waals surface area contributed by atoms with E-state index in [-0.39, 0.29) is 22.8 Å². The summed E-state index contributed by atoms with van der Waals surface area (Å²) in [6.45, 7) is 3.82. The Balaban J connectivity index is 1.53. The molecule has 172 valence electrons. The van der Waals surface area contributed by atoms with E-state index < -0.39 is 23.3 Å². The van der Waals surface area contributed by atoms with Gasteiger partial charge in [0.05, 0.1) is 7.11 Å². The molecule has 0 aromatic heterocycles. The summed E-state index contributed by atoms with van der Waals surface area (Å²) in [5.41, 5.74) is -0.234. The van der Waals surface area contributed by atoms with Gasteiger partial charge >= 0.3 is 0 Å². The molecular formula is C27H30F4O. The molecule has 4 rings (SSSR count). The van der Waals surface area contributed by atoms with Crippen molar-refractivity contribution in [3.05, 3.63) is 65.8 Å². The van der Waals surface area contributed by atoms with E-state index in [1.807, 2.05) is 6.08 Å². The third-order valence-electron chi connectivity index (χ3n) is 7.61. The van der Waals surface area contributed by atoms with Crippen LogP contribution in [0.4, 0.5) is 17.6 Å². The predicted octanol–water partition coefficient (Wildman–Crippen LogP) is 8.18. The van der Waals surface area contributed by atoms with Crippen molar-refractivity contribution in [1.29, 1.82) is 0 Å². The minimum Gasteiger partial charge on any atom is -0.494 e. The maximum Gasteiger partial charge on any atom is 0.201 e. The number of benzene rings is 2. The van der Waals surface area contributed by atoms with E-state index in [2.05, 4.69) is 6.58 Å². The SMILES string of the molecule is C=CCCC1CCC2CC(c3ccc(-c4ccc(OC)c(F)c4F)c(F)c3F)CCC2C1. The van der Waals surface area contributed by atoms with Crippen LogP contribution in [0.1, 0.15) is 62.8 Å². The highest BCUT2D eigenvalue weighted by Crippen LogP contribution is 2.49. The molecule has 0 N–H and O–H groups in total. The first-order valence-electron chi connectivity index (χ1n) is 11.6. The lowest BCUT2D eigenvalue weighted by molar-refractivity contribution is 0.114. The Morgan fingerprint density at radius 3 is 2.22 bits per heavy atom. The third-order valence-corrected chi connectivity index (χ3v) is 7.61. The Kier molecular flexibility index (Phi) is 6.92. The second-order valence-corrected chi connectivity index (χ2v) is 9.35. The molecule has 2 aliphatic rings. The van der Waals surface area contributed by atoms with Gasteiger partial charge in [-0.05, 0) is 86.3 Å². The molecular weight excluding hydrogens is 416 g/mol. The van der Waals surface area contributed by atoms with Gasteiger partial charge < -0.3 is 4.74 Å². The number of rotatable bonds is 6. The minimum atomic E-state index is -1.25. The van der Waals surface area contributed by atoms with Crippen LogP contribution in [0.3, 0.4) is 0 Å². The van der Waals surface area contributed by atoms with Gasteiger partial charge in [0.2, 0.25) is 5.82 Å². The van der Waals surface area contributed by atoms with Gasteiger partial charge in [-0.25, -0.2) is 13.2 Å². The Labute approximate surface area is 187 Å². The first kappa shape index (κ1) is 22.9. The van der Waals surface area contributed by atoms with Gasteiger partial charge in [-0.2, -0.15) is 4.39 Å². The van der Waals surface area contributed by atoms with Crippen LogP contribution in [0.2, 0.25) is 0 Å². The Morgan fingerprint density at radius 2 is 1.50 bits per heavy atom. The summed E-state index contributed by atoms with van der Waals surface area (Å²) in [4.78, 5) is 0. The summed E-state index contributed by atoms with van der Waals surface area (Å²) in [7, 11) is 1.22. The standard InChI is InChI=1S/C27H30F4O/c1-3-4-5-16-6-7-18-15-19(9-8-17(18)14-16)20-10-11-21(25(29)24(20)28)22-12-13-23(32-2)27(31)26(22)30/h3,10-13,16-19H,1,4-9,14-15H2,2H3. The largest absolute Gasteiger partial charge is 0.494 e. The van der Waals surface area contributed by atoms with Crippen molar-refractivity contribution >= 4 is 0 Å². The molecule has 0 spiro atoms. The van der Waals surface area contributed by atoms with Crippen LogP contribution in [0, 0.1) is 41.0 Å². The molecule has 0 radical (unpaired) electrons. The summed E-state index contributed by atoms with van der Waals surface area (Å²) in [5.74, 6) is -2.88. The monoisotopic (exact) mass is 446 g/mol. The summed E-state index contributed by atoms with van der Waals surface area (Å²) in [5, 5.41) is 0. The fourth-order valence-electron chi connectivity index (χ4n) is 5.87. The second kappa shape index (κ2) is 9.68. The number of allylic oxidation sites excluding steroid dienone is 1. The highest BCUT2D eigenvalue weighted by Gasteiger charge is 2.37. The fraction of sp³-hybridized carbons (Fsp3) is 0.481. The van der Waals surface area contributed by atoms with Crippen LogP contribution >= 0.6 is 0 Å². The van der Waals surface area contributed by atoms with Crippen molar-refractivity contribution in [2.24, 2.45) is 17.8 Å². The van der Waals surface area contributed by atoms with Crippen LogP contribution in [0.25, 0.3) is 11.1 Å². The lowest BCUT2D eigenvalue weighted by Crippen LogP contribution is -2.30. The molecule has 2 aromatic carbocycles. The zero-order valence-electron chi connectivity index (χ0n) is 18.5. The van der Waals surface area contributed by atoms with E-state index in [0.29, 0.717) is 17.4 Å². The zero-order valence-corrected chi connectivity index (χ0v) is 18.5. The smallest absolute Gasteiger partial charge is 0.201 e. The molecule has 4 unspecified atom stereocenters. The molecule has 2 saturated carbocycles. The zero-order chi connectivity index (χ0) is 22.8. The molecule has 32 heavy (non-hydrogen) atoms. The van der Waals surface area contributed by atoms with Crippen LogP contribution in [-0.2, 0) is 0 Å². The van der Waals surface area contributed by atoms with Crippen molar-refractivity contribution < 1.29 is 22.3 Å². The van der Waals surface area contributed by atoms with Gasteiger partial charge in [0.1, 0.15) is 0 Å². The molecule has 0 heterocycles. The third kappa shape index (κ3) is 4.31. The lowest BCUT2D eigenvalue weighted by atomic mass is 9.63. The molecule has 2 fully saturated rings. The number of fused-ring (bicyclic) bond motifs is 1. The van der Waals surface area contributed by atoms with Crippen molar-refractivity contribution in [2.45, 2.75) is 57.3 Å². The van der Waals surface area contributed by atoms with Crippen LogP contribution in [0.15, 0.2) is 36.9 Å². The molecule has 1 nitrogen and oxygen atoms in total. The highest BCUT2D eigenvalue weighted by molar-refractivity contribution is 5.66. The fourth-order valence-corrected chi connectivity index (χ4v) is 5.87. The highest BCUT2D eigenvalue weighted by atomic mass is 19.2. The van der Waals surface area contributed by atoms with E-state index in [0.717, 1.165) is 38.0 Å². The van der Waals surface area contributed by atoms with Crippen molar-refractivity contribution in [1.82, 2.24) is 0 Å². The van der Waals surface area contributed by atoms with Gasteiger partial charge in [-0.1, -0.05) is 24.6 Å². The molecule has 2 aliphatic carbocycles. The van der Waals surface area contributed by atoms with E-state index in [1.165, 1.54) is 44.6 Å². The Morgan fingerprint density at radius 1 is 0.844 bits per heavy atom. The molecule has 0 saturated heterocycles. The molecule has 4 atom stereocenters. The van der Waals surface area contributed by atoms with Crippen molar-refractivity contribution in [2.75, 3.05) is 7.11 Å². The minimum absolute atomic E-state index is 0.0398.